The van der Waals surface area contributed by atoms with Gasteiger partial charge in [0.1, 0.15) is 0 Å². The van der Waals surface area contributed by atoms with E-state index >= 15 is 0 Å². The number of amides is 1. The second-order valence-electron chi connectivity index (χ2n) is 5.89. The van der Waals surface area contributed by atoms with Gasteiger partial charge in [-0.1, -0.05) is 12.1 Å². The van der Waals surface area contributed by atoms with Crippen LogP contribution in [-0.2, 0) is 11.3 Å². The summed E-state index contributed by atoms with van der Waals surface area (Å²) in [6.07, 6.45) is 0.220. The molecule has 1 fully saturated rings. The summed E-state index contributed by atoms with van der Waals surface area (Å²) >= 11 is 0. The average Bonchev–Trinajstić information content (AvgIpc) is 2.79. The van der Waals surface area contributed by atoms with Gasteiger partial charge in [0.25, 0.3) is 5.91 Å². The lowest BCUT2D eigenvalue weighted by atomic mass is 10.1. The molecule has 0 saturated carbocycles. The highest BCUT2D eigenvalue weighted by Gasteiger charge is 2.34. The van der Waals surface area contributed by atoms with E-state index in [1.807, 2.05) is 43.3 Å². The van der Waals surface area contributed by atoms with Gasteiger partial charge in [0, 0.05) is 31.8 Å². The molecular formula is C16H24N2O3. The van der Waals surface area contributed by atoms with E-state index in [0.29, 0.717) is 25.1 Å². The van der Waals surface area contributed by atoms with Gasteiger partial charge in [0.15, 0.2) is 0 Å². The van der Waals surface area contributed by atoms with E-state index < -0.39 is 6.10 Å². The molecule has 2 unspecified atom stereocenters. The maximum atomic E-state index is 12.6. The normalized spacial score (nSPS) is 22.0. The van der Waals surface area contributed by atoms with Crippen LogP contribution in [0.25, 0.3) is 0 Å². The molecule has 1 N–H and O–H groups in total. The predicted molar refractivity (Wildman–Crippen MR) is 81.2 cm³/mol. The van der Waals surface area contributed by atoms with Crippen LogP contribution in [0.1, 0.15) is 22.3 Å². The summed E-state index contributed by atoms with van der Waals surface area (Å²) in [5, 5.41) is 9.86. The van der Waals surface area contributed by atoms with E-state index in [4.69, 9.17) is 4.74 Å². The van der Waals surface area contributed by atoms with Crippen LogP contribution in [0.5, 0.6) is 0 Å². The van der Waals surface area contributed by atoms with Crippen LogP contribution in [-0.4, -0.2) is 67.3 Å². The molecule has 21 heavy (non-hydrogen) atoms. The third-order valence-electron chi connectivity index (χ3n) is 3.74. The van der Waals surface area contributed by atoms with Crippen LogP contribution in [0, 0.1) is 0 Å². The molecule has 1 aliphatic rings. The molecule has 5 nitrogen and oxygen atoms in total. The summed E-state index contributed by atoms with van der Waals surface area (Å²) < 4.78 is 5.07. The molecule has 1 amide bonds. The van der Waals surface area contributed by atoms with Crippen LogP contribution >= 0.6 is 0 Å². The number of carbonyl (C=O) groups is 1. The molecule has 2 atom stereocenters. The number of hydrogen-bond acceptors (Lipinski definition) is 4. The molecule has 0 aromatic heterocycles. The third-order valence-corrected chi connectivity index (χ3v) is 3.74. The molecule has 1 aromatic rings. The Labute approximate surface area is 126 Å². The number of likely N-dealkylation sites (tertiary alicyclic amines) is 1. The number of β-amino-alcohol motifs (C(OH)–C–C–N with tert-alkyl or cyclic N) is 1. The summed E-state index contributed by atoms with van der Waals surface area (Å²) in [5.74, 6) is -0.0117. The fraction of sp³-hybridized carbons (Fsp3) is 0.562. The zero-order chi connectivity index (χ0) is 15.4. The summed E-state index contributed by atoms with van der Waals surface area (Å²) in [7, 11) is 5.61. The van der Waals surface area contributed by atoms with E-state index in [1.54, 1.807) is 12.0 Å². The Balaban J connectivity index is 2.10. The van der Waals surface area contributed by atoms with Crippen molar-refractivity contribution in [2.24, 2.45) is 0 Å². The maximum absolute atomic E-state index is 12.6. The van der Waals surface area contributed by atoms with Crippen LogP contribution in [0.3, 0.4) is 0 Å². The van der Waals surface area contributed by atoms with Crippen molar-refractivity contribution in [1.82, 2.24) is 9.80 Å². The molecule has 0 radical (unpaired) electrons. The number of aliphatic hydroxyl groups excluding tert-OH is 1. The van der Waals surface area contributed by atoms with Gasteiger partial charge in [-0.25, -0.2) is 0 Å². The lowest BCUT2D eigenvalue weighted by Gasteiger charge is -2.27. The molecule has 1 heterocycles. The van der Waals surface area contributed by atoms with Crippen molar-refractivity contribution >= 4 is 5.91 Å². The first kappa shape index (κ1) is 15.9. The Morgan fingerprint density at radius 1 is 1.38 bits per heavy atom. The van der Waals surface area contributed by atoms with Gasteiger partial charge in [0.2, 0.25) is 0 Å². The van der Waals surface area contributed by atoms with Gasteiger partial charge in [0.05, 0.1) is 12.7 Å². The lowest BCUT2D eigenvalue weighted by molar-refractivity contribution is 0.0699. The largest absolute Gasteiger partial charge is 0.391 e. The molecule has 0 aliphatic carbocycles. The molecule has 5 heteroatoms. The minimum absolute atomic E-state index is 0.0117. The highest BCUT2D eigenvalue weighted by molar-refractivity contribution is 5.94. The zero-order valence-electron chi connectivity index (χ0n) is 13.0. The lowest BCUT2D eigenvalue weighted by Crippen LogP contribution is -2.41. The van der Waals surface area contributed by atoms with Crippen LogP contribution < -0.4 is 0 Å². The van der Waals surface area contributed by atoms with E-state index in [-0.39, 0.29) is 11.9 Å². The Kier molecular flexibility index (Phi) is 5.33. The number of carbonyl (C=O) groups excluding carboxylic acids is 1. The Bertz CT molecular complexity index is 473. The summed E-state index contributed by atoms with van der Waals surface area (Å²) in [6, 6.07) is 7.54. The van der Waals surface area contributed by atoms with Crippen molar-refractivity contribution in [3.05, 3.63) is 35.4 Å². The Hall–Kier alpha value is -1.43. The van der Waals surface area contributed by atoms with Crippen molar-refractivity contribution in [1.29, 1.82) is 0 Å². The van der Waals surface area contributed by atoms with Crippen molar-refractivity contribution in [2.45, 2.75) is 25.2 Å². The molecule has 0 bridgehead atoms. The van der Waals surface area contributed by atoms with Crippen LogP contribution in [0.4, 0.5) is 0 Å². The van der Waals surface area contributed by atoms with Gasteiger partial charge < -0.3 is 19.6 Å². The number of methoxy groups -OCH3 is 1. The van der Waals surface area contributed by atoms with Crippen LogP contribution in [0.15, 0.2) is 24.3 Å². The highest BCUT2D eigenvalue weighted by atomic mass is 16.5. The first-order chi connectivity index (χ1) is 10.0. The fourth-order valence-corrected chi connectivity index (χ4v) is 2.81. The molecular weight excluding hydrogens is 268 g/mol. The van der Waals surface area contributed by atoms with Crippen LogP contribution in [0.2, 0.25) is 0 Å². The van der Waals surface area contributed by atoms with E-state index in [2.05, 4.69) is 0 Å². The number of ether oxygens (including phenoxy) is 1. The van der Waals surface area contributed by atoms with E-state index in [9.17, 15) is 9.90 Å². The minimum atomic E-state index is -0.424. The first-order valence-electron chi connectivity index (χ1n) is 7.23. The SMILES string of the molecule is COCc1ccc(C(=O)N2CC(O)CC2CN(C)C)cc1. The number of rotatable bonds is 5. The van der Waals surface area contributed by atoms with Crippen molar-refractivity contribution in [3.63, 3.8) is 0 Å². The van der Waals surface area contributed by atoms with Gasteiger partial charge in [-0.15, -0.1) is 0 Å². The van der Waals surface area contributed by atoms with Gasteiger partial charge >= 0.3 is 0 Å². The van der Waals surface area contributed by atoms with Gasteiger partial charge in [-0.05, 0) is 38.2 Å². The van der Waals surface area contributed by atoms with Crippen molar-refractivity contribution in [3.8, 4) is 0 Å². The smallest absolute Gasteiger partial charge is 0.254 e. The molecule has 116 valence electrons. The monoisotopic (exact) mass is 292 g/mol. The number of aliphatic hydroxyl groups is 1. The number of nitrogens with zero attached hydrogens (tertiary/aromatic N) is 2. The number of likely N-dealkylation sites (N-methyl/N-ethyl adjacent to an activating group) is 1. The Morgan fingerprint density at radius 3 is 2.62 bits per heavy atom. The summed E-state index contributed by atoms with van der Waals surface area (Å²) in [4.78, 5) is 16.5. The number of hydrogen-bond donors (Lipinski definition) is 1. The minimum Gasteiger partial charge on any atom is -0.391 e. The van der Waals surface area contributed by atoms with Crippen molar-refractivity contribution in [2.75, 3.05) is 34.3 Å². The highest BCUT2D eigenvalue weighted by Crippen LogP contribution is 2.21. The molecule has 1 saturated heterocycles. The zero-order valence-corrected chi connectivity index (χ0v) is 13.0. The van der Waals surface area contributed by atoms with Crippen molar-refractivity contribution < 1.29 is 14.6 Å². The molecule has 0 spiro atoms. The fourth-order valence-electron chi connectivity index (χ4n) is 2.81. The standard InChI is InChI=1S/C16H24N2O3/c1-17(2)9-14-8-15(19)10-18(14)16(20)13-6-4-12(5-7-13)11-21-3/h4-7,14-15,19H,8-11H2,1-3H3. The average molecular weight is 292 g/mol. The summed E-state index contributed by atoms with van der Waals surface area (Å²) in [6.45, 7) is 1.72. The second-order valence-corrected chi connectivity index (χ2v) is 5.89. The molecule has 1 aromatic carbocycles. The molecule has 2 rings (SSSR count). The summed E-state index contributed by atoms with van der Waals surface area (Å²) in [5.41, 5.74) is 1.70. The molecule has 1 aliphatic heterocycles. The quantitative estimate of drug-likeness (QED) is 0.878. The maximum Gasteiger partial charge on any atom is 0.254 e. The second kappa shape index (κ2) is 7.02. The van der Waals surface area contributed by atoms with E-state index in [0.717, 1.165) is 12.1 Å². The third kappa shape index (κ3) is 4.03. The number of benzene rings is 1. The van der Waals surface area contributed by atoms with E-state index in [1.165, 1.54) is 0 Å². The van der Waals surface area contributed by atoms with Gasteiger partial charge in [-0.2, -0.15) is 0 Å². The Morgan fingerprint density at radius 2 is 2.05 bits per heavy atom. The first-order valence-corrected chi connectivity index (χ1v) is 7.23. The van der Waals surface area contributed by atoms with Gasteiger partial charge in [-0.3, -0.25) is 4.79 Å². The topological polar surface area (TPSA) is 53.0 Å². The predicted octanol–water partition coefficient (Wildman–Crippen LogP) is 0.970.